The molecule has 1 aliphatic heterocycles. The van der Waals surface area contributed by atoms with E-state index in [1.54, 1.807) is 6.07 Å². The molecule has 1 aromatic rings. The smallest absolute Gasteiger partial charge is 0.338 e. The van der Waals surface area contributed by atoms with Gasteiger partial charge in [0.1, 0.15) is 0 Å². The van der Waals surface area contributed by atoms with Crippen molar-refractivity contribution in [2.24, 2.45) is 5.92 Å². The summed E-state index contributed by atoms with van der Waals surface area (Å²) in [4.78, 5) is 11.6. The lowest BCUT2D eigenvalue weighted by atomic mass is 9.98. The normalized spacial score (nSPS) is 16.1. The van der Waals surface area contributed by atoms with Gasteiger partial charge in [0.2, 0.25) is 0 Å². The minimum absolute atomic E-state index is 0.275. The summed E-state index contributed by atoms with van der Waals surface area (Å²) in [5, 5.41) is 6.83. The van der Waals surface area contributed by atoms with E-state index in [0.29, 0.717) is 11.5 Å². The molecule has 1 aliphatic rings. The molecule has 0 atom stereocenters. The van der Waals surface area contributed by atoms with Crippen LogP contribution in [0.4, 0.5) is 5.69 Å². The summed E-state index contributed by atoms with van der Waals surface area (Å²) < 4.78 is 4.79. The van der Waals surface area contributed by atoms with Gasteiger partial charge in [-0.05, 0) is 56.5 Å². The average Bonchev–Trinajstić information content (AvgIpc) is 2.46. The lowest BCUT2D eigenvalue weighted by Gasteiger charge is -2.24. The highest BCUT2D eigenvalue weighted by Gasteiger charge is 2.15. The molecule has 2 N–H and O–H groups in total. The fourth-order valence-electron chi connectivity index (χ4n) is 2.50. The fraction of sp³-hybridized carbons (Fsp3) is 0.533. The van der Waals surface area contributed by atoms with E-state index in [9.17, 15) is 4.79 Å². The number of benzene rings is 1. The second-order valence-corrected chi connectivity index (χ2v) is 5.04. The molecule has 0 radical (unpaired) electrons. The molecule has 4 nitrogen and oxygen atoms in total. The monoisotopic (exact) mass is 262 g/mol. The van der Waals surface area contributed by atoms with E-state index in [1.165, 1.54) is 20.0 Å². The Morgan fingerprint density at radius 2 is 2.16 bits per heavy atom. The van der Waals surface area contributed by atoms with Crippen LogP contribution in [0.25, 0.3) is 0 Å². The lowest BCUT2D eigenvalue weighted by molar-refractivity contribution is 0.0600. The second-order valence-electron chi connectivity index (χ2n) is 5.04. The third-order valence-electron chi connectivity index (χ3n) is 3.78. The average molecular weight is 262 g/mol. The second kappa shape index (κ2) is 6.57. The maximum absolute atomic E-state index is 11.6. The topological polar surface area (TPSA) is 50.4 Å². The van der Waals surface area contributed by atoms with Gasteiger partial charge in [-0.3, -0.25) is 0 Å². The van der Waals surface area contributed by atoms with Crippen LogP contribution in [0, 0.1) is 12.8 Å². The minimum Gasteiger partial charge on any atom is -0.465 e. The first-order valence-electron chi connectivity index (χ1n) is 6.85. The predicted molar refractivity (Wildman–Crippen MR) is 76.6 cm³/mol. The number of carbonyl (C=O) groups excluding carboxylic acids is 1. The zero-order valence-electron chi connectivity index (χ0n) is 11.7. The highest BCUT2D eigenvalue weighted by molar-refractivity contribution is 5.92. The Labute approximate surface area is 114 Å². The number of piperidine rings is 1. The Kier molecular flexibility index (Phi) is 4.80. The van der Waals surface area contributed by atoms with Crippen LogP contribution < -0.4 is 10.6 Å². The maximum Gasteiger partial charge on any atom is 0.338 e. The Morgan fingerprint density at radius 3 is 2.84 bits per heavy atom. The van der Waals surface area contributed by atoms with Crippen LogP contribution in [0.1, 0.15) is 28.8 Å². The van der Waals surface area contributed by atoms with Crippen molar-refractivity contribution in [2.75, 3.05) is 32.1 Å². The van der Waals surface area contributed by atoms with Crippen molar-refractivity contribution >= 4 is 11.7 Å². The Bertz CT molecular complexity index is 440. The van der Waals surface area contributed by atoms with Gasteiger partial charge in [0.25, 0.3) is 0 Å². The van der Waals surface area contributed by atoms with Crippen molar-refractivity contribution in [2.45, 2.75) is 19.8 Å². The van der Waals surface area contributed by atoms with Crippen LogP contribution in [0.5, 0.6) is 0 Å². The molecule has 0 amide bonds. The van der Waals surface area contributed by atoms with E-state index in [4.69, 9.17) is 4.74 Å². The summed E-state index contributed by atoms with van der Waals surface area (Å²) in [5.41, 5.74) is 2.63. The quantitative estimate of drug-likeness (QED) is 0.817. The third-order valence-corrected chi connectivity index (χ3v) is 3.78. The summed E-state index contributed by atoms with van der Waals surface area (Å²) >= 11 is 0. The van der Waals surface area contributed by atoms with Gasteiger partial charge < -0.3 is 15.4 Å². The number of methoxy groups -OCH3 is 1. The highest BCUT2D eigenvalue weighted by atomic mass is 16.5. The SMILES string of the molecule is COC(=O)c1cccc(NCC2CCNCC2)c1C. The first-order chi connectivity index (χ1) is 9.22. The number of esters is 1. The van der Waals surface area contributed by atoms with Gasteiger partial charge in [-0.1, -0.05) is 6.07 Å². The van der Waals surface area contributed by atoms with Crippen LogP contribution in [0.3, 0.4) is 0 Å². The van der Waals surface area contributed by atoms with Crippen molar-refractivity contribution < 1.29 is 9.53 Å². The molecular formula is C15H22N2O2. The molecule has 2 rings (SSSR count). The Balaban J connectivity index is 2.01. The molecule has 1 heterocycles. The van der Waals surface area contributed by atoms with Gasteiger partial charge in [0, 0.05) is 12.2 Å². The van der Waals surface area contributed by atoms with Crippen molar-refractivity contribution in [3.63, 3.8) is 0 Å². The van der Waals surface area contributed by atoms with E-state index in [2.05, 4.69) is 10.6 Å². The summed E-state index contributed by atoms with van der Waals surface area (Å²) in [5.74, 6) is 0.436. The predicted octanol–water partition coefficient (Wildman–Crippen LogP) is 2.19. The van der Waals surface area contributed by atoms with Gasteiger partial charge in [-0.15, -0.1) is 0 Å². The van der Waals surface area contributed by atoms with Gasteiger partial charge in [-0.2, -0.15) is 0 Å². The highest BCUT2D eigenvalue weighted by Crippen LogP contribution is 2.21. The minimum atomic E-state index is -0.275. The molecule has 0 spiro atoms. The molecule has 4 heteroatoms. The zero-order chi connectivity index (χ0) is 13.7. The molecule has 0 aliphatic carbocycles. The lowest BCUT2D eigenvalue weighted by Crippen LogP contribution is -2.31. The Hall–Kier alpha value is -1.55. The van der Waals surface area contributed by atoms with Crippen LogP contribution in [-0.4, -0.2) is 32.7 Å². The zero-order valence-corrected chi connectivity index (χ0v) is 11.7. The summed E-state index contributed by atoms with van der Waals surface area (Å²) in [6, 6.07) is 5.71. The molecule has 0 aromatic heterocycles. The molecule has 1 fully saturated rings. The van der Waals surface area contributed by atoms with E-state index in [-0.39, 0.29) is 5.97 Å². The van der Waals surface area contributed by atoms with Crippen molar-refractivity contribution in [3.05, 3.63) is 29.3 Å². The third kappa shape index (κ3) is 3.47. The van der Waals surface area contributed by atoms with Gasteiger partial charge in [-0.25, -0.2) is 4.79 Å². The number of rotatable bonds is 4. The molecule has 0 unspecified atom stereocenters. The van der Waals surface area contributed by atoms with E-state index >= 15 is 0 Å². The standard InChI is InChI=1S/C15H22N2O2/c1-11-13(15(18)19-2)4-3-5-14(11)17-10-12-6-8-16-9-7-12/h3-5,12,16-17H,6-10H2,1-2H3. The van der Waals surface area contributed by atoms with Crippen LogP contribution in [0.15, 0.2) is 18.2 Å². The molecule has 0 saturated carbocycles. The summed E-state index contributed by atoms with van der Waals surface area (Å²) in [6.45, 7) is 5.13. The van der Waals surface area contributed by atoms with Crippen LogP contribution in [0.2, 0.25) is 0 Å². The first-order valence-corrected chi connectivity index (χ1v) is 6.85. The number of carbonyl (C=O) groups is 1. The summed E-state index contributed by atoms with van der Waals surface area (Å²) in [6.07, 6.45) is 2.42. The largest absolute Gasteiger partial charge is 0.465 e. The molecule has 1 aromatic carbocycles. The molecule has 0 bridgehead atoms. The molecular weight excluding hydrogens is 240 g/mol. The Morgan fingerprint density at radius 1 is 1.42 bits per heavy atom. The van der Waals surface area contributed by atoms with Crippen LogP contribution in [-0.2, 0) is 4.74 Å². The molecule has 1 saturated heterocycles. The van der Waals surface area contributed by atoms with Crippen LogP contribution >= 0.6 is 0 Å². The van der Waals surface area contributed by atoms with Gasteiger partial charge in [0.15, 0.2) is 0 Å². The number of hydrogen-bond acceptors (Lipinski definition) is 4. The van der Waals surface area contributed by atoms with E-state index in [1.807, 2.05) is 19.1 Å². The van der Waals surface area contributed by atoms with Crippen molar-refractivity contribution in [1.82, 2.24) is 5.32 Å². The molecule has 19 heavy (non-hydrogen) atoms. The number of ether oxygens (including phenoxy) is 1. The number of hydrogen-bond donors (Lipinski definition) is 2. The van der Waals surface area contributed by atoms with Gasteiger partial charge in [0.05, 0.1) is 12.7 Å². The number of nitrogens with one attached hydrogen (secondary N) is 2. The van der Waals surface area contributed by atoms with E-state index < -0.39 is 0 Å². The van der Waals surface area contributed by atoms with Crippen molar-refractivity contribution in [1.29, 1.82) is 0 Å². The molecule has 104 valence electrons. The number of anilines is 1. The van der Waals surface area contributed by atoms with Crippen molar-refractivity contribution in [3.8, 4) is 0 Å². The fourth-order valence-corrected chi connectivity index (χ4v) is 2.50. The van der Waals surface area contributed by atoms with Gasteiger partial charge >= 0.3 is 5.97 Å². The van der Waals surface area contributed by atoms with E-state index in [0.717, 1.165) is 30.9 Å². The summed E-state index contributed by atoms with van der Waals surface area (Å²) in [7, 11) is 1.41. The first kappa shape index (κ1) is 13.9. The maximum atomic E-state index is 11.6.